The van der Waals surface area contributed by atoms with Crippen molar-refractivity contribution in [2.45, 2.75) is 47.3 Å². The van der Waals surface area contributed by atoms with Crippen LogP contribution in [0.25, 0.3) is 77.6 Å². The number of oxime groups is 1. The first-order valence-corrected chi connectivity index (χ1v) is 43.6. The normalized spacial score (nSPS) is 12.8. The molecule has 0 fully saturated rings. The minimum atomic E-state index is -1.93. The largest absolute Gasteiger partial charge is 0.507 e. The van der Waals surface area contributed by atoms with Gasteiger partial charge in [0.2, 0.25) is 44.3 Å². The third kappa shape index (κ3) is 25.0. The number of phenolic OH excluding ortho intramolecular Hbond substituents is 5. The van der Waals surface area contributed by atoms with Gasteiger partial charge in [0.1, 0.15) is 46.2 Å². The van der Waals surface area contributed by atoms with Crippen molar-refractivity contribution in [3.05, 3.63) is 329 Å². The quantitative estimate of drug-likeness (QED) is 0.00432. The number of carbonyl (C=O) groups is 4. The molecule has 12 aromatic carbocycles. The van der Waals surface area contributed by atoms with E-state index in [-0.39, 0.29) is 107 Å². The van der Waals surface area contributed by atoms with Crippen LogP contribution in [-0.4, -0.2) is 93.7 Å². The molecule has 13 aromatic rings. The van der Waals surface area contributed by atoms with Gasteiger partial charge in [-0.3, -0.25) is 30.0 Å². The molecule has 4 atom stereocenters. The molecule has 136 heavy (non-hydrogen) atoms. The van der Waals surface area contributed by atoms with Crippen LogP contribution in [0, 0.1) is 10.8 Å². The molecule has 0 radical (unpaired) electrons. The number of pyridine rings is 1. The van der Waals surface area contributed by atoms with Gasteiger partial charge in [-0.25, -0.2) is 39.4 Å². The Bertz CT molecular complexity index is 7130. The van der Waals surface area contributed by atoms with Gasteiger partial charge < -0.3 is 74.9 Å². The number of rotatable bonds is 27. The summed E-state index contributed by atoms with van der Waals surface area (Å²) < 4.78 is 125. The summed E-state index contributed by atoms with van der Waals surface area (Å²) in [4.78, 5) is 55.2. The molecular formula is C94H84F4N16O18S4. The maximum atomic E-state index is 15.0. The van der Waals surface area contributed by atoms with Crippen LogP contribution in [0.15, 0.2) is 315 Å². The molecule has 0 aliphatic carbocycles. The summed E-state index contributed by atoms with van der Waals surface area (Å²) >= 11 is -7.66. The third-order valence-corrected chi connectivity index (χ3v) is 23.8. The molecule has 0 spiro atoms. The Morgan fingerprint density at radius 1 is 0.353 bits per heavy atom. The van der Waals surface area contributed by atoms with Crippen molar-refractivity contribution < 1.29 is 101 Å². The topological polar surface area (TPSA) is 624 Å². The molecule has 1 heterocycles. The van der Waals surface area contributed by atoms with E-state index < -0.39 is 91.3 Å². The number of amides is 4. The Kier molecular flexibility index (Phi) is 35.1. The fraction of sp³-hybridized carbons (Fsp3) is 0.0426. The SMILES string of the molecule is C/C(=C(\F)C(=O)Nc1ccc(-c2ccccc2S(=O)ON)cc1O)c1cc(C(=N)N)ccc1O.C/C(=C(\F)C(=O)Nc1ccc(-c2ccccc2S(=O)ON)cc1O)c1ccc2ccnc(N)c2c1.C/C(=C(\F)C(=O)Nc1ccc(-c2ccccc2S(=O)ON)cc1O)c1cccc(/C(N)=N/O)c1.C/C(=C(\F)C(=O)Nc1ccc(-c2ccccc2S(=O)ON)cc1O)c1cccc(C(=N)N)c1. The molecule has 0 aliphatic heterocycles. The molecule has 34 nitrogen and oxygen atoms in total. The molecule has 0 aliphatic rings. The lowest BCUT2D eigenvalue weighted by Crippen LogP contribution is -2.14. The second-order valence-electron chi connectivity index (χ2n) is 28.6. The minimum Gasteiger partial charge on any atom is -0.507 e. The van der Waals surface area contributed by atoms with Gasteiger partial charge in [-0.05, 0) is 204 Å². The Morgan fingerprint density at radius 2 is 0.647 bits per heavy atom. The standard InChI is InChI=1S/C25H21FN4O4S.2C23H21FN4O5S.C23H21FN4O4S/c1-14(16-7-6-15-10-11-29-24(27)19(15)12-16)23(26)25(32)30-20-9-8-17(13-21(20)31)18-4-2-3-5-22(18)35(33)34-28;1-13(14-5-4-6-16(11-14)22(25)28-31)21(24)23(30)27-18-10-9-15(12-19(18)29)17-7-2-3-8-20(17)34(32)33-26;1-12(16-10-14(22(25)26)7-9-18(16)29)21(24)23(31)28-17-8-6-13(11-19(17)30)15-4-2-3-5-20(15)34(32)33-27;1-13(14-5-4-6-16(11-14)22(25)26)21(24)23(30)28-18-10-9-15(12-19(18)29)17-7-2-3-8-20(17)33(31)32-27/h2-13,31H,28H2,1H3,(H2,27,29)(H,30,32);2-12,29,31H,26H2,1H3,(H2,25,28)(H,27,30);2-11,29-30H,27H2,1H3,(H3,25,26)(H,28,31);2-12,29H,27H2,1H3,(H3,25,26)(H,28,30)/b23-14+;21-13+;21-12+;21-13+. The first-order chi connectivity index (χ1) is 64.9. The summed E-state index contributed by atoms with van der Waals surface area (Å²) in [7, 11) is 0. The second-order valence-corrected chi connectivity index (χ2v) is 33.1. The highest BCUT2D eigenvalue weighted by molar-refractivity contribution is 7.81. The molecule has 13 rings (SSSR count). The zero-order valence-corrected chi connectivity index (χ0v) is 74.9. The van der Waals surface area contributed by atoms with Crippen molar-refractivity contribution in [3.8, 4) is 73.3 Å². The van der Waals surface area contributed by atoms with Gasteiger partial charge in [0.05, 0.1) is 42.3 Å². The molecule has 1 aromatic heterocycles. The zero-order chi connectivity index (χ0) is 99.1. The monoisotopic (exact) mass is 1930 g/mol. The van der Waals surface area contributed by atoms with Crippen LogP contribution in [0.2, 0.25) is 0 Å². The number of hydrogen-bond donors (Lipinski definition) is 20. The van der Waals surface area contributed by atoms with Gasteiger partial charge in [-0.1, -0.05) is 151 Å². The van der Waals surface area contributed by atoms with Crippen LogP contribution in [-0.2, 0) is 80.6 Å². The molecule has 4 amide bonds. The van der Waals surface area contributed by atoms with E-state index in [4.69, 9.17) is 62.5 Å². The Labute approximate surface area is 782 Å². The number of amidine groups is 3. The summed E-state index contributed by atoms with van der Waals surface area (Å²) in [6.45, 7) is 5.59. The summed E-state index contributed by atoms with van der Waals surface area (Å²) in [5.74, 6) is 9.49. The van der Waals surface area contributed by atoms with Crippen LogP contribution in [0.4, 0.5) is 46.1 Å². The van der Waals surface area contributed by atoms with E-state index in [0.29, 0.717) is 98.2 Å². The van der Waals surface area contributed by atoms with Crippen LogP contribution < -0.4 is 67.8 Å². The van der Waals surface area contributed by atoms with Crippen LogP contribution >= 0.6 is 0 Å². The molecule has 0 bridgehead atoms. The molecule has 700 valence electrons. The molecule has 0 saturated carbocycles. The van der Waals surface area contributed by atoms with Crippen molar-refractivity contribution in [1.82, 2.24) is 4.98 Å². The van der Waals surface area contributed by atoms with Crippen LogP contribution in [0.5, 0.6) is 28.7 Å². The van der Waals surface area contributed by atoms with E-state index in [1.165, 1.54) is 113 Å². The molecule has 0 saturated heterocycles. The number of halogens is 4. The lowest BCUT2D eigenvalue weighted by atomic mass is 10.0. The van der Waals surface area contributed by atoms with Gasteiger partial charge in [-0.2, -0.15) is 40.7 Å². The van der Waals surface area contributed by atoms with Crippen molar-refractivity contribution in [1.29, 1.82) is 10.8 Å². The van der Waals surface area contributed by atoms with E-state index in [2.05, 4.69) is 48.5 Å². The summed E-state index contributed by atoms with van der Waals surface area (Å²) in [5, 5.41) is 89.2. The molecule has 28 N–H and O–H groups in total. The molecular weight excluding hydrogens is 1850 g/mol. The molecule has 4 unspecified atom stereocenters. The van der Waals surface area contributed by atoms with Crippen molar-refractivity contribution in [3.63, 3.8) is 0 Å². The fourth-order valence-corrected chi connectivity index (χ4v) is 15.7. The first kappa shape index (κ1) is 102. The average molecular weight is 1930 g/mol. The lowest BCUT2D eigenvalue weighted by molar-refractivity contribution is -0.114. The van der Waals surface area contributed by atoms with Gasteiger partial charge >= 0.3 is 0 Å². The van der Waals surface area contributed by atoms with Crippen molar-refractivity contribution in [2.75, 3.05) is 27.0 Å². The van der Waals surface area contributed by atoms with Crippen LogP contribution in [0.3, 0.4) is 0 Å². The number of fused-ring (bicyclic) bond motifs is 1. The third-order valence-electron chi connectivity index (χ3n) is 20.2. The predicted octanol–water partition coefficient (Wildman–Crippen LogP) is 14.7. The van der Waals surface area contributed by atoms with E-state index in [0.717, 1.165) is 5.39 Å². The molecule has 42 heteroatoms. The number of aromatic nitrogens is 1. The number of aromatic hydroxyl groups is 5. The van der Waals surface area contributed by atoms with E-state index in [1.807, 2.05) is 0 Å². The highest BCUT2D eigenvalue weighted by Gasteiger charge is 2.26. The van der Waals surface area contributed by atoms with Crippen LogP contribution in [0.1, 0.15) is 66.6 Å². The van der Waals surface area contributed by atoms with Gasteiger partial charge in [0.25, 0.3) is 23.6 Å². The van der Waals surface area contributed by atoms with E-state index in [9.17, 15) is 79.1 Å². The number of nitrogens with one attached hydrogen (secondary N) is 6. The smallest absolute Gasteiger partial charge is 0.284 e. The van der Waals surface area contributed by atoms with E-state index in [1.54, 1.807) is 182 Å². The van der Waals surface area contributed by atoms with Gasteiger partial charge in [-0.15, -0.1) is 0 Å². The second kappa shape index (κ2) is 46.8. The lowest BCUT2D eigenvalue weighted by Gasteiger charge is -2.12. The number of allylic oxidation sites excluding steroid dienone is 4. The first-order valence-electron chi connectivity index (χ1n) is 39.3. The average Bonchev–Trinajstić information content (AvgIpc) is 0.816. The maximum Gasteiger partial charge on any atom is 0.284 e. The highest BCUT2D eigenvalue weighted by Crippen LogP contribution is 2.41. The number of phenols is 5. The number of nitrogen functional groups attached to an aromatic ring is 3. The number of nitrogens with two attached hydrogens (primary N) is 8. The number of nitrogens with zero attached hydrogens (tertiary/aromatic N) is 2. The minimum absolute atomic E-state index is 0.00216. The van der Waals surface area contributed by atoms with E-state index >= 15 is 0 Å². The van der Waals surface area contributed by atoms with Gasteiger partial charge in [0.15, 0.2) is 29.1 Å². The summed E-state index contributed by atoms with van der Waals surface area (Å²) in [5.41, 5.74) is 28.3. The van der Waals surface area contributed by atoms with Crippen molar-refractivity contribution in [2.24, 2.45) is 45.9 Å². The summed E-state index contributed by atoms with van der Waals surface area (Å²) in [6, 6.07) is 66.7. The Hall–Kier alpha value is -16.1. The number of benzene rings is 12. The van der Waals surface area contributed by atoms with Crippen molar-refractivity contribution >= 4 is 147 Å². The Balaban J connectivity index is 0.000000187. The predicted molar refractivity (Wildman–Crippen MR) is 512 cm³/mol. The zero-order valence-electron chi connectivity index (χ0n) is 71.6. The highest BCUT2D eigenvalue weighted by atomic mass is 32.2. The maximum absolute atomic E-state index is 15.0. The Morgan fingerprint density at radius 3 is 0.971 bits per heavy atom. The van der Waals surface area contributed by atoms with Gasteiger partial charge in [0, 0.05) is 61.7 Å². The number of hydrogen-bond acceptors (Lipinski definition) is 27. The fourth-order valence-electron chi connectivity index (χ4n) is 13.0. The number of anilines is 5. The summed E-state index contributed by atoms with van der Waals surface area (Å²) in [6.07, 6.45) is 1.58. The number of carbonyl (C=O) groups excluding carboxylic acids is 4.